The number of aryl methyl sites for hydroxylation is 2. The van der Waals surface area contributed by atoms with Crippen molar-refractivity contribution >= 4 is 0 Å². The van der Waals surface area contributed by atoms with Gasteiger partial charge in [0.1, 0.15) is 0 Å². The molecular formula is C14H21N. The van der Waals surface area contributed by atoms with Gasteiger partial charge in [0.15, 0.2) is 0 Å². The van der Waals surface area contributed by atoms with Gasteiger partial charge in [-0.3, -0.25) is 0 Å². The zero-order valence-electron chi connectivity index (χ0n) is 9.79. The van der Waals surface area contributed by atoms with Crippen molar-refractivity contribution in [2.45, 2.75) is 45.6 Å². The average Bonchev–Trinajstić information content (AvgIpc) is 2.85. The van der Waals surface area contributed by atoms with Crippen molar-refractivity contribution in [3.63, 3.8) is 0 Å². The van der Waals surface area contributed by atoms with Crippen LogP contribution in [0.3, 0.4) is 0 Å². The first kappa shape index (κ1) is 10.7. The third-order valence-electron chi connectivity index (χ3n) is 3.11. The number of hydrogen-bond donors (Lipinski definition) is 1. The van der Waals surface area contributed by atoms with Crippen LogP contribution in [0.1, 0.15) is 36.0 Å². The van der Waals surface area contributed by atoms with Gasteiger partial charge in [0, 0.05) is 6.04 Å². The highest BCUT2D eigenvalue weighted by Crippen LogP contribution is 2.33. The molecule has 1 atom stereocenters. The van der Waals surface area contributed by atoms with E-state index in [2.05, 4.69) is 32.0 Å². The molecule has 1 heteroatoms. The summed E-state index contributed by atoms with van der Waals surface area (Å²) in [6.07, 6.45) is 5.06. The Morgan fingerprint density at radius 1 is 1.20 bits per heavy atom. The molecule has 1 saturated carbocycles. The van der Waals surface area contributed by atoms with Gasteiger partial charge in [-0.2, -0.15) is 0 Å². The highest BCUT2D eigenvalue weighted by Gasteiger charge is 2.23. The van der Waals surface area contributed by atoms with E-state index in [1.54, 1.807) is 0 Å². The Morgan fingerprint density at radius 3 is 2.33 bits per heavy atom. The average molecular weight is 203 g/mol. The molecule has 0 spiro atoms. The van der Waals surface area contributed by atoms with E-state index in [0.29, 0.717) is 6.04 Å². The molecular weight excluding hydrogens is 182 g/mol. The second-order valence-corrected chi connectivity index (χ2v) is 5.14. The van der Waals surface area contributed by atoms with Crippen molar-refractivity contribution in [1.29, 1.82) is 0 Å². The maximum absolute atomic E-state index is 6.15. The third-order valence-corrected chi connectivity index (χ3v) is 3.11. The van der Waals surface area contributed by atoms with Crippen LogP contribution in [0, 0.1) is 19.8 Å². The van der Waals surface area contributed by atoms with Crippen LogP contribution in [0.4, 0.5) is 0 Å². The first-order chi connectivity index (χ1) is 7.13. The maximum Gasteiger partial charge on any atom is 0.00819 e. The van der Waals surface area contributed by atoms with E-state index in [4.69, 9.17) is 5.73 Å². The molecule has 2 rings (SSSR count). The fourth-order valence-corrected chi connectivity index (χ4v) is 2.35. The van der Waals surface area contributed by atoms with Crippen molar-refractivity contribution in [3.8, 4) is 0 Å². The van der Waals surface area contributed by atoms with Crippen molar-refractivity contribution in [3.05, 3.63) is 34.9 Å². The number of rotatable bonds is 4. The fraction of sp³-hybridized carbons (Fsp3) is 0.571. The summed E-state index contributed by atoms with van der Waals surface area (Å²) in [6.45, 7) is 4.31. The summed E-state index contributed by atoms with van der Waals surface area (Å²) in [5.74, 6) is 0.936. The van der Waals surface area contributed by atoms with E-state index in [1.165, 1.54) is 36.0 Å². The minimum atomic E-state index is 0.360. The lowest BCUT2D eigenvalue weighted by Crippen LogP contribution is -2.23. The molecule has 1 aromatic carbocycles. The Bertz CT molecular complexity index is 319. The lowest BCUT2D eigenvalue weighted by Gasteiger charge is -2.12. The van der Waals surface area contributed by atoms with Crippen LogP contribution in [0.5, 0.6) is 0 Å². The van der Waals surface area contributed by atoms with Gasteiger partial charge in [-0.25, -0.2) is 0 Å². The Labute approximate surface area is 92.7 Å². The SMILES string of the molecule is Cc1cc(C)cc(CC(N)CC2CC2)c1. The second kappa shape index (κ2) is 4.36. The smallest absolute Gasteiger partial charge is 0.00819 e. The highest BCUT2D eigenvalue weighted by molar-refractivity contribution is 5.29. The van der Waals surface area contributed by atoms with Crippen molar-refractivity contribution in [2.75, 3.05) is 0 Å². The zero-order valence-corrected chi connectivity index (χ0v) is 9.79. The summed E-state index contributed by atoms with van der Waals surface area (Å²) in [5, 5.41) is 0. The Balaban J connectivity index is 1.96. The van der Waals surface area contributed by atoms with Crippen LogP contribution in [0.15, 0.2) is 18.2 Å². The van der Waals surface area contributed by atoms with Gasteiger partial charge < -0.3 is 5.73 Å². The van der Waals surface area contributed by atoms with E-state index < -0.39 is 0 Å². The molecule has 2 N–H and O–H groups in total. The summed E-state index contributed by atoms with van der Waals surface area (Å²) < 4.78 is 0. The van der Waals surface area contributed by atoms with Gasteiger partial charge in [0.2, 0.25) is 0 Å². The molecule has 1 aromatic rings. The quantitative estimate of drug-likeness (QED) is 0.800. The standard InChI is InChI=1S/C14H21N/c1-10-5-11(2)7-13(6-10)9-14(15)8-12-3-4-12/h5-7,12,14H,3-4,8-9,15H2,1-2H3. The molecule has 1 aliphatic rings. The van der Waals surface area contributed by atoms with Crippen LogP contribution < -0.4 is 5.73 Å². The largest absolute Gasteiger partial charge is 0.327 e. The highest BCUT2D eigenvalue weighted by atomic mass is 14.6. The summed E-state index contributed by atoms with van der Waals surface area (Å²) in [4.78, 5) is 0. The molecule has 82 valence electrons. The van der Waals surface area contributed by atoms with E-state index in [0.717, 1.165) is 12.3 Å². The van der Waals surface area contributed by atoms with E-state index in [1.807, 2.05) is 0 Å². The van der Waals surface area contributed by atoms with E-state index in [-0.39, 0.29) is 0 Å². The molecule has 1 nitrogen and oxygen atoms in total. The summed E-state index contributed by atoms with van der Waals surface area (Å²) >= 11 is 0. The molecule has 0 bridgehead atoms. The maximum atomic E-state index is 6.15. The Kier molecular flexibility index (Phi) is 3.11. The molecule has 0 amide bonds. The number of benzene rings is 1. The number of hydrogen-bond acceptors (Lipinski definition) is 1. The van der Waals surface area contributed by atoms with Gasteiger partial charge in [0.25, 0.3) is 0 Å². The van der Waals surface area contributed by atoms with Crippen LogP contribution in [0.2, 0.25) is 0 Å². The van der Waals surface area contributed by atoms with Gasteiger partial charge in [-0.05, 0) is 38.2 Å². The summed E-state index contributed by atoms with van der Waals surface area (Å²) in [6, 6.07) is 7.11. The van der Waals surface area contributed by atoms with Gasteiger partial charge in [-0.1, -0.05) is 42.2 Å². The minimum Gasteiger partial charge on any atom is -0.327 e. The fourth-order valence-electron chi connectivity index (χ4n) is 2.35. The molecule has 0 aliphatic heterocycles. The van der Waals surface area contributed by atoms with Gasteiger partial charge in [-0.15, -0.1) is 0 Å². The monoisotopic (exact) mass is 203 g/mol. The molecule has 0 aromatic heterocycles. The first-order valence-corrected chi connectivity index (χ1v) is 5.96. The Hall–Kier alpha value is -0.820. The predicted octanol–water partition coefficient (Wildman–Crippen LogP) is 2.97. The Morgan fingerprint density at radius 2 is 1.80 bits per heavy atom. The molecule has 0 heterocycles. The van der Waals surface area contributed by atoms with E-state index in [9.17, 15) is 0 Å². The zero-order chi connectivity index (χ0) is 10.8. The predicted molar refractivity (Wildman–Crippen MR) is 64.9 cm³/mol. The second-order valence-electron chi connectivity index (χ2n) is 5.14. The van der Waals surface area contributed by atoms with Crippen LogP contribution in [-0.4, -0.2) is 6.04 Å². The first-order valence-electron chi connectivity index (χ1n) is 5.96. The normalized spacial score (nSPS) is 17.8. The lowest BCUT2D eigenvalue weighted by molar-refractivity contribution is 0.566. The van der Waals surface area contributed by atoms with Gasteiger partial charge >= 0.3 is 0 Å². The van der Waals surface area contributed by atoms with Crippen molar-refractivity contribution < 1.29 is 0 Å². The van der Waals surface area contributed by atoms with Gasteiger partial charge in [0.05, 0.1) is 0 Å². The lowest BCUT2D eigenvalue weighted by atomic mass is 9.99. The topological polar surface area (TPSA) is 26.0 Å². The molecule has 0 radical (unpaired) electrons. The van der Waals surface area contributed by atoms with Crippen molar-refractivity contribution in [1.82, 2.24) is 0 Å². The molecule has 1 unspecified atom stereocenters. The van der Waals surface area contributed by atoms with Crippen LogP contribution in [0.25, 0.3) is 0 Å². The minimum absolute atomic E-state index is 0.360. The van der Waals surface area contributed by atoms with Crippen LogP contribution >= 0.6 is 0 Å². The van der Waals surface area contributed by atoms with Crippen LogP contribution in [-0.2, 0) is 6.42 Å². The molecule has 15 heavy (non-hydrogen) atoms. The summed E-state index contributed by atoms with van der Waals surface area (Å²) in [5.41, 5.74) is 10.3. The van der Waals surface area contributed by atoms with Crippen molar-refractivity contribution in [2.24, 2.45) is 11.7 Å². The summed E-state index contributed by atoms with van der Waals surface area (Å²) in [7, 11) is 0. The molecule has 0 saturated heterocycles. The third kappa shape index (κ3) is 3.35. The molecule has 1 fully saturated rings. The van der Waals surface area contributed by atoms with E-state index >= 15 is 0 Å². The molecule has 1 aliphatic carbocycles. The number of nitrogens with two attached hydrogens (primary N) is 1.